The molecule has 0 radical (unpaired) electrons. The summed E-state index contributed by atoms with van der Waals surface area (Å²) in [6.45, 7) is 6.65. The summed E-state index contributed by atoms with van der Waals surface area (Å²) in [5.74, 6) is 0. The van der Waals surface area contributed by atoms with Crippen molar-refractivity contribution < 1.29 is 5.11 Å². The van der Waals surface area contributed by atoms with Crippen molar-refractivity contribution in [1.82, 2.24) is 0 Å². The van der Waals surface area contributed by atoms with Crippen molar-refractivity contribution in [2.24, 2.45) is 0 Å². The molecule has 1 heterocycles. The van der Waals surface area contributed by atoms with E-state index < -0.39 is 0 Å². The second kappa shape index (κ2) is 5.89. The van der Waals surface area contributed by atoms with Crippen LogP contribution in [-0.4, -0.2) is 11.2 Å². The number of hydrogen-bond donors (Lipinski definition) is 1. The fraction of sp³-hybridized carbons (Fsp3) is 0.412. The van der Waals surface area contributed by atoms with E-state index in [4.69, 9.17) is 0 Å². The third-order valence-electron chi connectivity index (χ3n) is 3.34. The molecular formula is C17H22OS. The fourth-order valence-corrected chi connectivity index (χ4v) is 2.85. The van der Waals surface area contributed by atoms with Crippen LogP contribution in [0.1, 0.15) is 37.5 Å². The van der Waals surface area contributed by atoms with Gasteiger partial charge in [0.1, 0.15) is 0 Å². The van der Waals surface area contributed by atoms with E-state index in [-0.39, 0.29) is 11.5 Å². The molecule has 0 aliphatic carbocycles. The van der Waals surface area contributed by atoms with Crippen LogP contribution >= 0.6 is 11.3 Å². The lowest BCUT2D eigenvalue weighted by atomic mass is 9.86. The van der Waals surface area contributed by atoms with Crippen molar-refractivity contribution in [2.45, 2.75) is 45.1 Å². The van der Waals surface area contributed by atoms with E-state index in [2.05, 4.69) is 61.9 Å². The molecule has 2 heteroatoms. The van der Waals surface area contributed by atoms with E-state index >= 15 is 0 Å². The van der Waals surface area contributed by atoms with E-state index in [0.29, 0.717) is 0 Å². The number of rotatable bonds is 4. The summed E-state index contributed by atoms with van der Waals surface area (Å²) in [7, 11) is 0. The van der Waals surface area contributed by atoms with Crippen molar-refractivity contribution in [2.75, 3.05) is 0 Å². The summed E-state index contributed by atoms with van der Waals surface area (Å²) >= 11 is 1.68. The summed E-state index contributed by atoms with van der Waals surface area (Å²) in [6, 6.07) is 10.7. The zero-order valence-corrected chi connectivity index (χ0v) is 12.7. The Labute approximate surface area is 119 Å². The molecule has 0 spiro atoms. The minimum Gasteiger partial charge on any atom is -0.392 e. The molecule has 1 unspecified atom stereocenters. The molecular weight excluding hydrogens is 252 g/mol. The highest BCUT2D eigenvalue weighted by molar-refractivity contribution is 7.07. The first-order valence-electron chi connectivity index (χ1n) is 6.74. The van der Waals surface area contributed by atoms with Crippen LogP contribution in [0.5, 0.6) is 0 Å². The van der Waals surface area contributed by atoms with Crippen LogP contribution in [0.4, 0.5) is 0 Å². The molecule has 1 atom stereocenters. The molecule has 0 aliphatic rings. The van der Waals surface area contributed by atoms with Gasteiger partial charge in [-0.05, 0) is 51.8 Å². The van der Waals surface area contributed by atoms with Crippen molar-refractivity contribution in [3.05, 3.63) is 57.8 Å². The Kier molecular flexibility index (Phi) is 4.43. The standard InChI is InChI=1S/C17H22OS/c1-17(2,3)15-6-4-13(5-7-15)10-16(18)11-14-8-9-19-12-14/h4-9,12,16,18H,10-11H2,1-3H3. The second-order valence-corrected chi connectivity index (χ2v) is 6.92. The summed E-state index contributed by atoms with van der Waals surface area (Å²) in [5.41, 5.74) is 3.96. The molecule has 2 aromatic rings. The SMILES string of the molecule is CC(C)(C)c1ccc(CC(O)Cc2ccsc2)cc1. The van der Waals surface area contributed by atoms with Crippen molar-refractivity contribution in [3.8, 4) is 0 Å². The number of aliphatic hydroxyl groups excluding tert-OH is 1. The molecule has 0 amide bonds. The van der Waals surface area contributed by atoms with E-state index in [0.717, 1.165) is 12.8 Å². The van der Waals surface area contributed by atoms with Crippen LogP contribution < -0.4 is 0 Å². The number of hydrogen-bond acceptors (Lipinski definition) is 2. The van der Waals surface area contributed by atoms with Gasteiger partial charge >= 0.3 is 0 Å². The molecule has 2 rings (SSSR count). The van der Waals surface area contributed by atoms with Gasteiger partial charge in [-0.1, -0.05) is 45.0 Å². The van der Waals surface area contributed by atoms with Gasteiger partial charge in [0.2, 0.25) is 0 Å². The molecule has 1 aromatic carbocycles. The highest BCUT2D eigenvalue weighted by Gasteiger charge is 2.13. The smallest absolute Gasteiger partial charge is 0.0621 e. The van der Waals surface area contributed by atoms with E-state index in [1.54, 1.807) is 11.3 Å². The Hall–Kier alpha value is -1.12. The monoisotopic (exact) mass is 274 g/mol. The largest absolute Gasteiger partial charge is 0.392 e. The van der Waals surface area contributed by atoms with Gasteiger partial charge < -0.3 is 5.11 Å². The first kappa shape index (κ1) is 14.3. The summed E-state index contributed by atoms with van der Waals surface area (Å²) < 4.78 is 0. The van der Waals surface area contributed by atoms with Gasteiger partial charge in [0, 0.05) is 0 Å². The molecule has 19 heavy (non-hydrogen) atoms. The normalized spacial score (nSPS) is 13.5. The third-order valence-corrected chi connectivity index (χ3v) is 4.07. The lowest BCUT2D eigenvalue weighted by Gasteiger charge is -2.19. The molecule has 0 saturated carbocycles. The zero-order valence-electron chi connectivity index (χ0n) is 11.9. The zero-order chi connectivity index (χ0) is 13.9. The van der Waals surface area contributed by atoms with Crippen molar-refractivity contribution in [3.63, 3.8) is 0 Å². The van der Waals surface area contributed by atoms with Gasteiger partial charge in [-0.25, -0.2) is 0 Å². The number of aliphatic hydroxyl groups is 1. The molecule has 102 valence electrons. The maximum absolute atomic E-state index is 10.1. The van der Waals surface area contributed by atoms with Gasteiger partial charge in [0.15, 0.2) is 0 Å². The average Bonchev–Trinajstić information content (AvgIpc) is 2.81. The quantitative estimate of drug-likeness (QED) is 0.886. The van der Waals surface area contributed by atoms with Crippen molar-refractivity contribution in [1.29, 1.82) is 0 Å². The van der Waals surface area contributed by atoms with Crippen LogP contribution in [0.2, 0.25) is 0 Å². The number of benzene rings is 1. The Morgan fingerprint density at radius 2 is 1.63 bits per heavy atom. The van der Waals surface area contributed by atoms with E-state index in [1.165, 1.54) is 16.7 Å². The highest BCUT2D eigenvalue weighted by atomic mass is 32.1. The van der Waals surface area contributed by atoms with Crippen LogP contribution in [-0.2, 0) is 18.3 Å². The Bertz CT molecular complexity index is 491. The average molecular weight is 274 g/mol. The van der Waals surface area contributed by atoms with Crippen LogP contribution in [0.15, 0.2) is 41.1 Å². The van der Waals surface area contributed by atoms with Crippen LogP contribution in [0.3, 0.4) is 0 Å². The van der Waals surface area contributed by atoms with Gasteiger partial charge in [-0.3, -0.25) is 0 Å². The van der Waals surface area contributed by atoms with E-state index in [9.17, 15) is 5.11 Å². The maximum atomic E-state index is 10.1. The molecule has 0 bridgehead atoms. The summed E-state index contributed by atoms with van der Waals surface area (Å²) in [5, 5.41) is 14.3. The summed E-state index contributed by atoms with van der Waals surface area (Å²) in [4.78, 5) is 0. The third kappa shape index (κ3) is 4.19. The fourth-order valence-electron chi connectivity index (χ4n) is 2.17. The Balaban J connectivity index is 1.96. The molecule has 1 N–H and O–H groups in total. The van der Waals surface area contributed by atoms with Gasteiger partial charge in [0.05, 0.1) is 6.10 Å². The minimum absolute atomic E-state index is 0.188. The molecule has 1 aromatic heterocycles. The van der Waals surface area contributed by atoms with Crippen LogP contribution in [0, 0.1) is 0 Å². The van der Waals surface area contributed by atoms with Crippen molar-refractivity contribution >= 4 is 11.3 Å². The van der Waals surface area contributed by atoms with Crippen LogP contribution in [0.25, 0.3) is 0 Å². The first-order chi connectivity index (χ1) is 8.95. The second-order valence-electron chi connectivity index (χ2n) is 6.14. The summed E-state index contributed by atoms with van der Waals surface area (Å²) in [6.07, 6.45) is 1.17. The molecule has 0 saturated heterocycles. The molecule has 0 aliphatic heterocycles. The number of thiophene rings is 1. The van der Waals surface area contributed by atoms with Gasteiger partial charge in [-0.15, -0.1) is 0 Å². The maximum Gasteiger partial charge on any atom is 0.0621 e. The first-order valence-corrected chi connectivity index (χ1v) is 7.68. The lowest BCUT2D eigenvalue weighted by Crippen LogP contribution is -2.14. The lowest BCUT2D eigenvalue weighted by molar-refractivity contribution is 0.175. The predicted octanol–water partition coefficient (Wildman–Crippen LogP) is 4.19. The Morgan fingerprint density at radius 3 is 2.16 bits per heavy atom. The predicted molar refractivity (Wildman–Crippen MR) is 82.9 cm³/mol. The van der Waals surface area contributed by atoms with Gasteiger partial charge in [-0.2, -0.15) is 11.3 Å². The van der Waals surface area contributed by atoms with Gasteiger partial charge in [0.25, 0.3) is 0 Å². The topological polar surface area (TPSA) is 20.2 Å². The Morgan fingerprint density at radius 1 is 1.00 bits per heavy atom. The highest BCUT2D eigenvalue weighted by Crippen LogP contribution is 2.22. The van der Waals surface area contributed by atoms with E-state index in [1.807, 2.05) is 0 Å². The molecule has 0 fully saturated rings. The minimum atomic E-state index is -0.296. The molecule has 1 nitrogen and oxygen atoms in total.